The summed E-state index contributed by atoms with van der Waals surface area (Å²) in [5.74, 6) is -0.424. The van der Waals surface area contributed by atoms with Gasteiger partial charge in [-0.25, -0.2) is 4.39 Å². The maximum absolute atomic E-state index is 13.6. The summed E-state index contributed by atoms with van der Waals surface area (Å²) >= 11 is 3.12. The fourth-order valence-electron chi connectivity index (χ4n) is 1.44. The molecule has 0 aliphatic carbocycles. The Morgan fingerprint density at radius 2 is 2.19 bits per heavy atom. The van der Waals surface area contributed by atoms with Gasteiger partial charge in [-0.1, -0.05) is 0 Å². The van der Waals surface area contributed by atoms with E-state index >= 15 is 0 Å². The number of hydrogen-bond acceptors (Lipinski definition) is 3. The monoisotopic (exact) mass is 285 g/mol. The molecule has 0 fully saturated rings. The third kappa shape index (κ3) is 1.55. The minimum atomic E-state index is -0.541. The number of nitrogen functional groups attached to an aromatic ring is 1. The van der Waals surface area contributed by atoms with Crippen molar-refractivity contribution in [3.05, 3.63) is 28.6 Å². The Hall–Kier alpha value is -1.56. The SMILES string of the molecule is Cn1ncc(-c2c(F)ccc(Br)c2O)c1N. The van der Waals surface area contributed by atoms with E-state index in [1.807, 2.05) is 0 Å². The number of aromatic hydroxyl groups is 1. The second kappa shape index (κ2) is 3.79. The average Bonchev–Trinajstić information content (AvgIpc) is 2.56. The van der Waals surface area contributed by atoms with Gasteiger partial charge in [0.15, 0.2) is 0 Å². The molecule has 1 heterocycles. The van der Waals surface area contributed by atoms with Gasteiger partial charge in [-0.3, -0.25) is 4.68 Å². The van der Waals surface area contributed by atoms with Gasteiger partial charge in [0.2, 0.25) is 0 Å². The van der Waals surface area contributed by atoms with Crippen molar-refractivity contribution in [1.82, 2.24) is 9.78 Å². The van der Waals surface area contributed by atoms with E-state index in [1.54, 1.807) is 7.05 Å². The predicted octanol–water partition coefficient (Wildman–Crippen LogP) is 2.28. The van der Waals surface area contributed by atoms with Crippen molar-refractivity contribution >= 4 is 21.7 Å². The Morgan fingerprint density at radius 3 is 2.75 bits per heavy atom. The summed E-state index contributed by atoms with van der Waals surface area (Å²) in [6.45, 7) is 0. The van der Waals surface area contributed by atoms with Crippen molar-refractivity contribution in [2.24, 2.45) is 7.05 Å². The molecule has 0 unspecified atom stereocenters. The predicted molar refractivity (Wildman–Crippen MR) is 62.4 cm³/mol. The molecule has 1 aromatic heterocycles. The Bertz CT molecular complexity index is 553. The third-order valence-corrected chi connectivity index (χ3v) is 2.97. The Labute approximate surface area is 99.6 Å². The van der Waals surface area contributed by atoms with Crippen molar-refractivity contribution in [3.63, 3.8) is 0 Å². The maximum atomic E-state index is 13.6. The number of anilines is 1. The fraction of sp³-hybridized carbons (Fsp3) is 0.100. The summed E-state index contributed by atoms with van der Waals surface area (Å²) < 4.78 is 15.5. The number of phenols is 1. The van der Waals surface area contributed by atoms with Crippen molar-refractivity contribution in [1.29, 1.82) is 0 Å². The number of rotatable bonds is 1. The van der Waals surface area contributed by atoms with Gasteiger partial charge in [-0.15, -0.1) is 0 Å². The Balaban J connectivity index is 2.73. The lowest BCUT2D eigenvalue weighted by Gasteiger charge is -2.07. The molecule has 0 radical (unpaired) electrons. The van der Waals surface area contributed by atoms with E-state index in [9.17, 15) is 9.50 Å². The molecule has 2 rings (SSSR count). The van der Waals surface area contributed by atoms with Crippen LogP contribution in [0.1, 0.15) is 0 Å². The summed E-state index contributed by atoms with van der Waals surface area (Å²) in [7, 11) is 1.64. The molecule has 0 spiro atoms. The summed E-state index contributed by atoms with van der Waals surface area (Å²) in [6.07, 6.45) is 1.42. The van der Waals surface area contributed by atoms with Gasteiger partial charge in [-0.2, -0.15) is 5.10 Å². The van der Waals surface area contributed by atoms with Crippen molar-refractivity contribution in [2.75, 3.05) is 5.73 Å². The third-order valence-electron chi connectivity index (χ3n) is 2.33. The highest BCUT2D eigenvalue weighted by Gasteiger charge is 2.18. The molecule has 4 nitrogen and oxygen atoms in total. The van der Waals surface area contributed by atoms with E-state index in [0.717, 1.165) is 0 Å². The van der Waals surface area contributed by atoms with Gasteiger partial charge >= 0.3 is 0 Å². The van der Waals surface area contributed by atoms with Crippen LogP contribution >= 0.6 is 15.9 Å². The van der Waals surface area contributed by atoms with E-state index in [-0.39, 0.29) is 11.3 Å². The first kappa shape index (κ1) is 10.9. The minimum absolute atomic E-state index is 0.0555. The van der Waals surface area contributed by atoms with Gasteiger partial charge in [0.25, 0.3) is 0 Å². The zero-order valence-electron chi connectivity index (χ0n) is 8.41. The summed E-state index contributed by atoms with van der Waals surface area (Å²) in [4.78, 5) is 0. The van der Waals surface area contributed by atoms with Crippen LogP contribution in [-0.4, -0.2) is 14.9 Å². The quantitative estimate of drug-likeness (QED) is 0.845. The van der Waals surface area contributed by atoms with E-state index in [2.05, 4.69) is 21.0 Å². The highest BCUT2D eigenvalue weighted by atomic mass is 79.9. The lowest BCUT2D eigenvalue weighted by molar-refractivity contribution is 0.468. The zero-order valence-corrected chi connectivity index (χ0v) is 9.99. The largest absolute Gasteiger partial charge is 0.506 e. The van der Waals surface area contributed by atoms with Crippen LogP contribution in [0.3, 0.4) is 0 Å². The molecule has 84 valence electrons. The van der Waals surface area contributed by atoms with E-state index in [0.29, 0.717) is 15.9 Å². The second-order valence-electron chi connectivity index (χ2n) is 3.32. The van der Waals surface area contributed by atoms with Crippen LogP contribution in [0.25, 0.3) is 11.1 Å². The smallest absolute Gasteiger partial charge is 0.140 e. The van der Waals surface area contributed by atoms with E-state index in [1.165, 1.54) is 23.0 Å². The van der Waals surface area contributed by atoms with Gasteiger partial charge in [0.1, 0.15) is 17.4 Å². The number of hydrogen-bond donors (Lipinski definition) is 2. The number of nitrogens with two attached hydrogens (primary N) is 1. The van der Waals surface area contributed by atoms with Gasteiger partial charge in [0, 0.05) is 7.05 Å². The molecule has 0 bridgehead atoms. The van der Waals surface area contributed by atoms with Gasteiger partial charge in [0.05, 0.1) is 21.8 Å². The fourth-order valence-corrected chi connectivity index (χ4v) is 1.77. The molecular formula is C10H9BrFN3O. The summed E-state index contributed by atoms with van der Waals surface area (Å²) in [6, 6.07) is 2.69. The normalized spacial score (nSPS) is 10.7. The minimum Gasteiger partial charge on any atom is -0.506 e. The molecule has 0 saturated carbocycles. The number of phenolic OH excluding ortho intramolecular Hbond substituents is 1. The Kier molecular flexibility index (Phi) is 2.59. The number of aromatic nitrogens is 2. The molecule has 0 atom stereocenters. The van der Waals surface area contributed by atoms with Crippen LogP contribution in [0.2, 0.25) is 0 Å². The van der Waals surface area contributed by atoms with E-state index < -0.39 is 5.82 Å². The van der Waals surface area contributed by atoms with Crippen molar-refractivity contribution in [3.8, 4) is 16.9 Å². The molecule has 3 N–H and O–H groups in total. The van der Waals surface area contributed by atoms with Crippen molar-refractivity contribution in [2.45, 2.75) is 0 Å². The number of aryl methyl sites for hydroxylation is 1. The molecule has 6 heteroatoms. The molecule has 0 saturated heterocycles. The summed E-state index contributed by atoms with van der Waals surface area (Å²) in [5.41, 5.74) is 6.16. The number of halogens is 2. The number of nitrogens with zero attached hydrogens (tertiary/aromatic N) is 2. The lowest BCUT2D eigenvalue weighted by atomic mass is 10.1. The lowest BCUT2D eigenvalue weighted by Crippen LogP contribution is -1.98. The topological polar surface area (TPSA) is 64.1 Å². The van der Waals surface area contributed by atoms with Crippen LogP contribution in [0.4, 0.5) is 10.2 Å². The molecule has 0 aliphatic heterocycles. The zero-order chi connectivity index (χ0) is 11.9. The maximum Gasteiger partial charge on any atom is 0.140 e. The first-order chi connectivity index (χ1) is 7.52. The second-order valence-corrected chi connectivity index (χ2v) is 4.17. The molecule has 1 aromatic carbocycles. The first-order valence-electron chi connectivity index (χ1n) is 4.47. The van der Waals surface area contributed by atoms with Gasteiger partial charge < -0.3 is 10.8 Å². The van der Waals surface area contributed by atoms with Crippen LogP contribution in [0.15, 0.2) is 22.8 Å². The highest BCUT2D eigenvalue weighted by molar-refractivity contribution is 9.10. The number of benzene rings is 1. The first-order valence-corrected chi connectivity index (χ1v) is 5.26. The van der Waals surface area contributed by atoms with Crippen LogP contribution in [-0.2, 0) is 7.05 Å². The van der Waals surface area contributed by atoms with Crippen molar-refractivity contribution < 1.29 is 9.50 Å². The van der Waals surface area contributed by atoms with E-state index in [4.69, 9.17) is 5.73 Å². The molecule has 16 heavy (non-hydrogen) atoms. The molecular weight excluding hydrogens is 277 g/mol. The van der Waals surface area contributed by atoms with Crippen LogP contribution in [0.5, 0.6) is 5.75 Å². The molecule has 2 aromatic rings. The highest BCUT2D eigenvalue weighted by Crippen LogP contribution is 2.39. The standard InChI is InChI=1S/C10H9BrFN3O/c1-15-10(13)5(4-14-15)8-7(12)3-2-6(11)9(8)16/h2-4,16H,13H2,1H3. The molecule has 0 aliphatic rings. The molecule has 0 amide bonds. The average molecular weight is 286 g/mol. The van der Waals surface area contributed by atoms with Crippen LogP contribution < -0.4 is 5.73 Å². The summed E-state index contributed by atoms with van der Waals surface area (Å²) in [5, 5.41) is 13.7. The van der Waals surface area contributed by atoms with Gasteiger partial charge in [-0.05, 0) is 28.1 Å². The Morgan fingerprint density at radius 1 is 1.50 bits per heavy atom. The van der Waals surface area contributed by atoms with Crippen LogP contribution in [0, 0.1) is 5.82 Å².